The van der Waals surface area contributed by atoms with Crippen LogP contribution < -0.4 is 5.32 Å². The molecule has 0 spiro atoms. The molecule has 0 aromatic carbocycles. The van der Waals surface area contributed by atoms with Crippen LogP contribution in [0.25, 0.3) is 0 Å². The molecular formula is C16H25N3S. The molecule has 110 valence electrons. The van der Waals surface area contributed by atoms with Crippen LogP contribution in [-0.2, 0) is 11.5 Å². The minimum Gasteiger partial charge on any atom is -0.370 e. The van der Waals surface area contributed by atoms with Crippen LogP contribution in [0.5, 0.6) is 0 Å². The fraction of sp³-hybridized carbons (Fsp3) is 0.750. The highest BCUT2D eigenvalue weighted by atomic mass is 32.2. The Labute approximate surface area is 126 Å². The van der Waals surface area contributed by atoms with E-state index >= 15 is 0 Å². The van der Waals surface area contributed by atoms with E-state index in [1.165, 1.54) is 36.9 Å². The van der Waals surface area contributed by atoms with E-state index in [2.05, 4.69) is 19.2 Å². The Kier molecular flexibility index (Phi) is 4.49. The first kappa shape index (κ1) is 14.2. The van der Waals surface area contributed by atoms with Gasteiger partial charge in [-0.05, 0) is 25.2 Å². The maximum absolute atomic E-state index is 4.90. The molecule has 1 saturated carbocycles. The molecule has 1 N–H and O–H groups in total. The van der Waals surface area contributed by atoms with E-state index in [1.54, 1.807) is 0 Å². The zero-order valence-corrected chi connectivity index (χ0v) is 13.4. The molecule has 0 atom stereocenters. The minimum absolute atomic E-state index is 0.587. The third-order valence-corrected chi connectivity index (χ3v) is 5.49. The van der Waals surface area contributed by atoms with Crippen molar-refractivity contribution in [2.45, 2.75) is 63.4 Å². The summed E-state index contributed by atoms with van der Waals surface area (Å²) in [4.78, 5) is 9.79. The van der Waals surface area contributed by atoms with Crippen molar-refractivity contribution in [1.29, 1.82) is 0 Å². The van der Waals surface area contributed by atoms with Crippen LogP contribution in [0.2, 0.25) is 0 Å². The molecule has 1 aliphatic carbocycles. The summed E-state index contributed by atoms with van der Waals surface area (Å²) in [7, 11) is 0. The molecule has 20 heavy (non-hydrogen) atoms. The molecule has 2 aliphatic rings. The van der Waals surface area contributed by atoms with Crippen LogP contribution in [0.15, 0.2) is 0 Å². The van der Waals surface area contributed by atoms with Crippen LogP contribution in [0, 0.1) is 5.92 Å². The third-order valence-electron chi connectivity index (χ3n) is 4.52. The van der Waals surface area contributed by atoms with Gasteiger partial charge in [0.1, 0.15) is 11.6 Å². The van der Waals surface area contributed by atoms with E-state index in [0.29, 0.717) is 5.92 Å². The summed E-state index contributed by atoms with van der Waals surface area (Å²) >= 11 is 1.96. The van der Waals surface area contributed by atoms with Crippen molar-refractivity contribution >= 4 is 17.6 Å². The van der Waals surface area contributed by atoms with E-state index in [4.69, 9.17) is 9.97 Å². The summed E-state index contributed by atoms with van der Waals surface area (Å²) in [5.41, 5.74) is 2.65. The summed E-state index contributed by atoms with van der Waals surface area (Å²) in [6.45, 7) is 5.58. The first-order valence-corrected chi connectivity index (χ1v) is 9.14. The lowest BCUT2D eigenvalue weighted by Crippen LogP contribution is -2.16. The SMILES string of the molecule is CCCNc1nc(C2CCC(C)CC2)nc2c1CSC2. The van der Waals surface area contributed by atoms with E-state index in [0.717, 1.165) is 42.0 Å². The topological polar surface area (TPSA) is 37.8 Å². The summed E-state index contributed by atoms with van der Waals surface area (Å²) in [6.07, 6.45) is 6.33. The number of thioether (sulfide) groups is 1. The maximum atomic E-state index is 4.90. The number of rotatable bonds is 4. The predicted octanol–water partition coefficient (Wildman–Crippen LogP) is 4.34. The largest absolute Gasteiger partial charge is 0.370 e. The van der Waals surface area contributed by atoms with Gasteiger partial charge in [0, 0.05) is 29.5 Å². The highest BCUT2D eigenvalue weighted by Gasteiger charge is 2.26. The summed E-state index contributed by atoms with van der Waals surface area (Å²) < 4.78 is 0. The molecule has 0 amide bonds. The number of nitrogens with one attached hydrogen (secondary N) is 1. The van der Waals surface area contributed by atoms with Crippen molar-refractivity contribution in [3.05, 3.63) is 17.1 Å². The van der Waals surface area contributed by atoms with Crippen LogP contribution in [0.3, 0.4) is 0 Å². The Morgan fingerprint density at radius 1 is 1.15 bits per heavy atom. The Balaban J connectivity index is 1.84. The van der Waals surface area contributed by atoms with Gasteiger partial charge in [0.2, 0.25) is 0 Å². The van der Waals surface area contributed by atoms with Gasteiger partial charge in [0.25, 0.3) is 0 Å². The number of nitrogens with zero attached hydrogens (tertiary/aromatic N) is 2. The van der Waals surface area contributed by atoms with Gasteiger partial charge >= 0.3 is 0 Å². The average molecular weight is 291 g/mol. The normalized spacial score (nSPS) is 25.5. The number of hydrogen-bond acceptors (Lipinski definition) is 4. The van der Waals surface area contributed by atoms with Crippen LogP contribution >= 0.6 is 11.8 Å². The van der Waals surface area contributed by atoms with Gasteiger partial charge in [0.15, 0.2) is 0 Å². The third kappa shape index (κ3) is 2.95. The second kappa shape index (κ2) is 6.33. The molecule has 4 heteroatoms. The van der Waals surface area contributed by atoms with Crippen molar-refractivity contribution in [2.75, 3.05) is 11.9 Å². The van der Waals surface area contributed by atoms with Crippen LogP contribution in [0.4, 0.5) is 5.82 Å². The minimum atomic E-state index is 0.587. The van der Waals surface area contributed by atoms with Gasteiger partial charge in [-0.3, -0.25) is 0 Å². The smallest absolute Gasteiger partial charge is 0.134 e. The molecule has 1 aromatic heterocycles. The van der Waals surface area contributed by atoms with Crippen LogP contribution in [-0.4, -0.2) is 16.5 Å². The fourth-order valence-corrected chi connectivity index (χ4v) is 4.20. The van der Waals surface area contributed by atoms with Crippen molar-refractivity contribution in [2.24, 2.45) is 5.92 Å². The molecule has 0 bridgehead atoms. The second-order valence-electron chi connectivity index (χ2n) is 6.23. The zero-order chi connectivity index (χ0) is 13.9. The monoisotopic (exact) mass is 291 g/mol. The van der Waals surface area contributed by atoms with Gasteiger partial charge in [-0.25, -0.2) is 9.97 Å². The summed E-state index contributed by atoms with van der Waals surface area (Å²) in [5, 5.41) is 3.52. The van der Waals surface area contributed by atoms with Gasteiger partial charge in [0.05, 0.1) is 5.69 Å². The average Bonchev–Trinajstić information content (AvgIpc) is 2.94. The Morgan fingerprint density at radius 3 is 2.70 bits per heavy atom. The maximum Gasteiger partial charge on any atom is 0.134 e. The first-order chi connectivity index (χ1) is 9.78. The fourth-order valence-electron chi connectivity index (χ4n) is 3.16. The van der Waals surface area contributed by atoms with Gasteiger partial charge in [-0.2, -0.15) is 11.8 Å². The highest BCUT2D eigenvalue weighted by molar-refractivity contribution is 7.98. The Bertz CT molecular complexity index is 467. The number of fused-ring (bicyclic) bond motifs is 1. The van der Waals surface area contributed by atoms with Crippen molar-refractivity contribution in [3.63, 3.8) is 0 Å². The second-order valence-corrected chi connectivity index (χ2v) is 7.22. The molecule has 1 fully saturated rings. The lowest BCUT2D eigenvalue weighted by molar-refractivity contribution is 0.339. The van der Waals surface area contributed by atoms with E-state index in [-0.39, 0.29) is 0 Å². The Morgan fingerprint density at radius 2 is 1.95 bits per heavy atom. The molecule has 0 unspecified atom stereocenters. The quantitative estimate of drug-likeness (QED) is 0.895. The molecule has 2 heterocycles. The van der Waals surface area contributed by atoms with Crippen molar-refractivity contribution < 1.29 is 0 Å². The molecule has 0 radical (unpaired) electrons. The molecule has 3 rings (SSSR count). The molecular weight excluding hydrogens is 266 g/mol. The standard InChI is InChI=1S/C16H25N3S/c1-3-8-17-16-13-9-20-10-14(13)18-15(19-16)12-6-4-11(2)5-7-12/h11-12H,3-10H2,1-2H3,(H,17,18,19). The zero-order valence-electron chi connectivity index (χ0n) is 12.6. The lowest BCUT2D eigenvalue weighted by Gasteiger charge is -2.25. The van der Waals surface area contributed by atoms with Gasteiger partial charge in [-0.1, -0.05) is 26.7 Å². The molecule has 0 saturated heterocycles. The predicted molar refractivity (Wildman–Crippen MR) is 86.2 cm³/mol. The van der Waals surface area contributed by atoms with E-state index < -0.39 is 0 Å². The lowest BCUT2D eigenvalue weighted by atomic mass is 9.82. The number of aromatic nitrogens is 2. The highest BCUT2D eigenvalue weighted by Crippen LogP contribution is 2.38. The number of anilines is 1. The number of hydrogen-bond donors (Lipinski definition) is 1. The van der Waals surface area contributed by atoms with Crippen LogP contribution in [0.1, 0.15) is 69.0 Å². The molecule has 3 nitrogen and oxygen atoms in total. The first-order valence-electron chi connectivity index (χ1n) is 7.99. The van der Waals surface area contributed by atoms with E-state index in [9.17, 15) is 0 Å². The van der Waals surface area contributed by atoms with Crippen molar-refractivity contribution in [3.8, 4) is 0 Å². The van der Waals surface area contributed by atoms with Crippen molar-refractivity contribution in [1.82, 2.24) is 9.97 Å². The summed E-state index contributed by atoms with van der Waals surface area (Å²) in [6, 6.07) is 0. The summed E-state index contributed by atoms with van der Waals surface area (Å²) in [5.74, 6) is 5.84. The van der Waals surface area contributed by atoms with E-state index in [1.807, 2.05) is 11.8 Å². The Hall–Kier alpha value is -0.770. The van der Waals surface area contributed by atoms with Gasteiger partial charge in [-0.15, -0.1) is 0 Å². The molecule has 1 aromatic rings. The van der Waals surface area contributed by atoms with Gasteiger partial charge < -0.3 is 5.32 Å². The molecule has 1 aliphatic heterocycles.